The number of rotatable bonds is 7. The Morgan fingerprint density at radius 2 is 1.96 bits per heavy atom. The first-order valence-electron chi connectivity index (χ1n) is 8.68. The highest BCUT2D eigenvalue weighted by Gasteiger charge is 2.26. The smallest absolute Gasteiger partial charge is 0.271 e. The fourth-order valence-electron chi connectivity index (χ4n) is 2.82. The number of benzene rings is 1. The van der Waals surface area contributed by atoms with Crippen molar-refractivity contribution in [2.45, 2.75) is 29.4 Å². The second-order valence-corrected chi connectivity index (χ2v) is 9.36. The van der Waals surface area contributed by atoms with E-state index in [1.807, 2.05) is 0 Å². The highest BCUT2D eigenvalue weighted by molar-refractivity contribution is 7.94. The molecule has 1 saturated carbocycles. The van der Waals surface area contributed by atoms with Crippen LogP contribution in [-0.2, 0) is 10.0 Å². The molecular formula is C18H19N3O5S2. The first-order valence-corrected chi connectivity index (χ1v) is 11.0. The fourth-order valence-corrected chi connectivity index (χ4v) is 5.11. The van der Waals surface area contributed by atoms with Gasteiger partial charge in [-0.25, -0.2) is 8.42 Å². The minimum atomic E-state index is -3.82. The number of sulfonamides is 1. The first kappa shape index (κ1) is 18.8. The van der Waals surface area contributed by atoms with Gasteiger partial charge in [-0.05, 0) is 37.1 Å². The second-order valence-electron chi connectivity index (χ2n) is 6.36. The molecule has 1 aromatic carbocycles. The molecule has 0 amide bonds. The third-order valence-electron chi connectivity index (χ3n) is 4.60. The van der Waals surface area contributed by atoms with Crippen molar-refractivity contribution >= 4 is 27.0 Å². The van der Waals surface area contributed by atoms with Crippen molar-refractivity contribution in [3.05, 3.63) is 36.2 Å². The van der Waals surface area contributed by atoms with Gasteiger partial charge in [0.05, 0.1) is 24.8 Å². The van der Waals surface area contributed by atoms with Crippen LogP contribution >= 0.6 is 11.3 Å². The monoisotopic (exact) mass is 421 g/mol. The third-order valence-corrected chi connectivity index (χ3v) is 7.53. The van der Waals surface area contributed by atoms with Gasteiger partial charge in [-0.1, -0.05) is 6.42 Å². The Labute approximate surface area is 166 Å². The van der Waals surface area contributed by atoms with Crippen LogP contribution in [0.1, 0.15) is 31.1 Å². The number of methoxy groups -OCH3 is 2. The summed E-state index contributed by atoms with van der Waals surface area (Å²) in [6, 6.07) is 8.07. The molecule has 4 rings (SSSR count). The summed E-state index contributed by atoms with van der Waals surface area (Å²) in [7, 11) is -0.840. The Kier molecular flexibility index (Phi) is 4.98. The van der Waals surface area contributed by atoms with Crippen LogP contribution in [0.4, 0.5) is 5.69 Å². The molecule has 1 aliphatic rings. The maximum Gasteiger partial charge on any atom is 0.271 e. The van der Waals surface area contributed by atoms with Crippen molar-refractivity contribution in [1.82, 2.24) is 10.2 Å². The van der Waals surface area contributed by atoms with Gasteiger partial charge in [0, 0.05) is 12.0 Å². The molecule has 2 heterocycles. The van der Waals surface area contributed by atoms with Gasteiger partial charge in [0.15, 0.2) is 0 Å². The Bertz CT molecular complexity index is 1090. The van der Waals surface area contributed by atoms with E-state index < -0.39 is 10.0 Å². The molecule has 148 valence electrons. The van der Waals surface area contributed by atoms with Crippen molar-refractivity contribution in [2.75, 3.05) is 18.9 Å². The summed E-state index contributed by atoms with van der Waals surface area (Å²) in [5.41, 5.74) is 0.293. The molecule has 28 heavy (non-hydrogen) atoms. The summed E-state index contributed by atoms with van der Waals surface area (Å²) in [4.78, 5) is 0.607. The van der Waals surface area contributed by atoms with Gasteiger partial charge >= 0.3 is 0 Å². The fraction of sp³-hybridized carbons (Fsp3) is 0.333. The molecule has 0 atom stereocenters. The summed E-state index contributed by atoms with van der Waals surface area (Å²) in [5, 5.41) is 8.15. The zero-order valence-corrected chi connectivity index (χ0v) is 17.0. The van der Waals surface area contributed by atoms with Crippen LogP contribution in [0.2, 0.25) is 0 Å². The van der Waals surface area contributed by atoms with Gasteiger partial charge < -0.3 is 13.9 Å². The van der Waals surface area contributed by atoms with Crippen molar-refractivity contribution in [3.63, 3.8) is 0 Å². The Balaban J connectivity index is 1.58. The molecule has 0 bridgehead atoms. The number of nitrogens with one attached hydrogen (secondary N) is 1. The van der Waals surface area contributed by atoms with Crippen molar-refractivity contribution in [2.24, 2.45) is 0 Å². The van der Waals surface area contributed by atoms with Crippen molar-refractivity contribution in [1.29, 1.82) is 0 Å². The average Bonchev–Trinajstić information content (AvgIpc) is 3.29. The van der Waals surface area contributed by atoms with E-state index in [0.29, 0.717) is 39.8 Å². The first-order chi connectivity index (χ1) is 13.5. The van der Waals surface area contributed by atoms with Gasteiger partial charge in [-0.15, -0.1) is 21.5 Å². The van der Waals surface area contributed by atoms with Crippen LogP contribution in [0.15, 0.2) is 39.0 Å². The van der Waals surface area contributed by atoms with E-state index in [-0.39, 0.29) is 4.21 Å². The van der Waals surface area contributed by atoms with Gasteiger partial charge in [0.2, 0.25) is 5.89 Å². The molecule has 1 fully saturated rings. The Morgan fingerprint density at radius 3 is 2.64 bits per heavy atom. The maximum atomic E-state index is 12.8. The largest absolute Gasteiger partial charge is 0.497 e. The molecular weight excluding hydrogens is 402 g/mol. The molecule has 10 heteroatoms. The van der Waals surface area contributed by atoms with Crippen LogP contribution in [0, 0.1) is 0 Å². The number of hydrogen-bond acceptors (Lipinski definition) is 8. The van der Waals surface area contributed by atoms with Gasteiger partial charge in [0.1, 0.15) is 15.7 Å². The average molecular weight is 422 g/mol. The normalized spacial score (nSPS) is 14.5. The predicted octanol–water partition coefficient (Wildman–Crippen LogP) is 3.88. The molecule has 0 unspecified atom stereocenters. The lowest BCUT2D eigenvalue weighted by atomic mass is 9.85. The highest BCUT2D eigenvalue weighted by Crippen LogP contribution is 2.38. The SMILES string of the molecule is COc1ccc(OC)c(NS(=O)(=O)c2ccc(-c3nnc(C4CCC4)o3)s2)c1. The van der Waals surface area contributed by atoms with E-state index in [1.54, 1.807) is 24.3 Å². The van der Waals surface area contributed by atoms with Gasteiger partial charge in [-0.3, -0.25) is 4.72 Å². The second kappa shape index (κ2) is 7.44. The Hall–Kier alpha value is -2.59. The zero-order valence-electron chi connectivity index (χ0n) is 15.3. The van der Waals surface area contributed by atoms with E-state index >= 15 is 0 Å². The van der Waals surface area contributed by atoms with Crippen molar-refractivity contribution < 1.29 is 22.3 Å². The number of ether oxygens (including phenoxy) is 2. The van der Waals surface area contributed by atoms with E-state index in [1.165, 1.54) is 26.7 Å². The minimum absolute atomic E-state index is 0.135. The summed E-state index contributed by atoms with van der Waals surface area (Å²) in [6.07, 6.45) is 3.28. The number of anilines is 1. The Morgan fingerprint density at radius 1 is 1.14 bits per heavy atom. The van der Waals surface area contributed by atoms with Crippen LogP contribution in [0.3, 0.4) is 0 Å². The van der Waals surface area contributed by atoms with Gasteiger partial charge in [-0.2, -0.15) is 0 Å². The van der Waals surface area contributed by atoms with E-state index in [2.05, 4.69) is 14.9 Å². The molecule has 0 saturated heterocycles. The molecule has 1 N–H and O–H groups in total. The van der Waals surface area contributed by atoms with E-state index in [4.69, 9.17) is 13.9 Å². The molecule has 1 aliphatic carbocycles. The van der Waals surface area contributed by atoms with Crippen molar-refractivity contribution in [3.8, 4) is 22.3 Å². The summed E-state index contributed by atoms with van der Waals surface area (Å²) >= 11 is 1.07. The highest BCUT2D eigenvalue weighted by atomic mass is 32.2. The lowest BCUT2D eigenvalue weighted by molar-refractivity contribution is 0.338. The number of thiophene rings is 1. The molecule has 8 nitrogen and oxygen atoms in total. The number of nitrogens with zero attached hydrogens (tertiary/aromatic N) is 2. The summed E-state index contributed by atoms with van der Waals surface area (Å²) < 4.78 is 44.4. The van der Waals surface area contributed by atoms with E-state index in [9.17, 15) is 8.42 Å². The lowest BCUT2D eigenvalue weighted by Gasteiger charge is -2.20. The standard InChI is InChI=1S/C18H19N3O5S2/c1-24-12-6-7-14(25-2)13(10-12)21-28(22,23)16-9-8-15(27-16)18-20-19-17(26-18)11-4-3-5-11/h6-11,21H,3-5H2,1-2H3. The maximum absolute atomic E-state index is 12.8. The van der Waals surface area contributed by atoms with Crippen LogP contribution in [-0.4, -0.2) is 32.8 Å². The van der Waals surface area contributed by atoms with E-state index in [0.717, 1.165) is 24.2 Å². The predicted molar refractivity (Wildman–Crippen MR) is 105 cm³/mol. The molecule has 0 aliphatic heterocycles. The summed E-state index contributed by atoms with van der Waals surface area (Å²) in [6.45, 7) is 0. The molecule has 3 aromatic rings. The van der Waals surface area contributed by atoms with Gasteiger partial charge in [0.25, 0.3) is 15.9 Å². The number of hydrogen-bond donors (Lipinski definition) is 1. The van der Waals surface area contributed by atoms with Crippen LogP contribution < -0.4 is 14.2 Å². The third kappa shape index (κ3) is 3.57. The zero-order chi connectivity index (χ0) is 19.7. The molecule has 0 radical (unpaired) electrons. The lowest BCUT2D eigenvalue weighted by Crippen LogP contribution is -2.12. The number of aromatic nitrogens is 2. The van der Waals surface area contributed by atoms with Crippen LogP contribution in [0.5, 0.6) is 11.5 Å². The topological polar surface area (TPSA) is 104 Å². The quantitative estimate of drug-likeness (QED) is 0.617. The molecule has 0 spiro atoms. The molecule has 2 aromatic heterocycles. The summed E-state index contributed by atoms with van der Waals surface area (Å²) in [5.74, 6) is 2.19. The minimum Gasteiger partial charge on any atom is -0.497 e. The van der Waals surface area contributed by atoms with Crippen LogP contribution in [0.25, 0.3) is 10.8 Å².